The SMILES string of the molecule is N#Cc1ccc(-c2cncc(C(=O)c3cccc(N4CCNC(c5ccccc5)C4)n3)c2)cc1. The fourth-order valence-electron chi connectivity index (χ4n) is 4.20. The topological polar surface area (TPSA) is 81.9 Å². The molecular formula is C28H23N5O. The van der Waals surface area contributed by atoms with E-state index in [1.165, 1.54) is 5.56 Å². The van der Waals surface area contributed by atoms with Crippen molar-refractivity contribution in [2.75, 3.05) is 24.5 Å². The van der Waals surface area contributed by atoms with Gasteiger partial charge in [-0.3, -0.25) is 9.78 Å². The summed E-state index contributed by atoms with van der Waals surface area (Å²) in [4.78, 5) is 24.5. The van der Waals surface area contributed by atoms with Gasteiger partial charge in [0.15, 0.2) is 0 Å². The normalized spacial score (nSPS) is 15.5. The maximum Gasteiger partial charge on any atom is 0.212 e. The van der Waals surface area contributed by atoms with E-state index in [4.69, 9.17) is 10.2 Å². The second-order valence-corrected chi connectivity index (χ2v) is 8.23. The van der Waals surface area contributed by atoms with E-state index in [9.17, 15) is 4.79 Å². The number of rotatable bonds is 5. The summed E-state index contributed by atoms with van der Waals surface area (Å²) in [6, 6.07) is 27.3. The van der Waals surface area contributed by atoms with Crippen molar-refractivity contribution in [2.24, 2.45) is 0 Å². The van der Waals surface area contributed by atoms with Gasteiger partial charge >= 0.3 is 0 Å². The molecule has 166 valence electrons. The third-order valence-electron chi connectivity index (χ3n) is 6.02. The van der Waals surface area contributed by atoms with Crippen LogP contribution in [0.4, 0.5) is 5.82 Å². The van der Waals surface area contributed by atoms with Crippen LogP contribution in [0.15, 0.2) is 91.3 Å². The Kier molecular flexibility index (Phi) is 6.11. The third-order valence-corrected chi connectivity index (χ3v) is 6.02. The van der Waals surface area contributed by atoms with Crippen molar-refractivity contribution < 1.29 is 4.79 Å². The molecule has 0 saturated carbocycles. The molecule has 2 aromatic carbocycles. The molecule has 1 N–H and O–H groups in total. The van der Waals surface area contributed by atoms with Crippen LogP contribution < -0.4 is 10.2 Å². The molecule has 1 unspecified atom stereocenters. The number of carbonyl (C=O) groups is 1. The molecule has 0 bridgehead atoms. The molecule has 0 spiro atoms. The maximum absolute atomic E-state index is 13.3. The predicted molar refractivity (Wildman–Crippen MR) is 131 cm³/mol. The van der Waals surface area contributed by atoms with Gasteiger partial charge in [-0.15, -0.1) is 0 Å². The first kappa shape index (κ1) is 21.5. The highest BCUT2D eigenvalue weighted by molar-refractivity contribution is 6.08. The van der Waals surface area contributed by atoms with Gasteiger partial charge in [-0.1, -0.05) is 48.5 Å². The number of hydrogen-bond donors (Lipinski definition) is 1. The molecule has 4 aromatic rings. The lowest BCUT2D eigenvalue weighted by Gasteiger charge is -2.35. The zero-order valence-electron chi connectivity index (χ0n) is 18.6. The summed E-state index contributed by atoms with van der Waals surface area (Å²) in [5.41, 5.74) is 4.42. The van der Waals surface area contributed by atoms with E-state index >= 15 is 0 Å². The number of hydrogen-bond acceptors (Lipinski definition) is 6. The second-order valence-electron chi connectivity index (χ2n) is 8.23. The van der Waals surface area contributed by atoms with Gasteiger partial charge in [0.05, 0.1) is 11.6 Å². The van der Waals surface area contributed by atoms with Gasteiger partial charge in [-0.25, -0.2) is 4.98 Å². The number of aromatic nitrogens is 2. The van der Waals surface area contributed by atoms with Crippen molar-refractivity contribution >= 4 is 11.6 Å². The number of nitrogens with zero attached hydrogens (tertiary/aromatic N) is 4. The molecule has 6 heteroatoms. The zero-order chi connectivity index (χ0) is 23.3. The van der Waals surface area contributed by atoms with Crippen molar-refractivity contribution in [1.29, 1.82) is 5.26 Å². The average molecular weight is 446 g/mol. The van der Waals surface area contributed by atoms with Crippen molar-refractivity contribution in [1.82, 2.24) is 15.3 Å². The number of nitriles is 1. The van der Waals surface area contributed by atoms with E-state index in [2.05, 4.69) is 33.4 Å². The van der Waals surface area contributed by atoms with Crippen LogP contribution in [0.2, 0.25) is 0 Å². The highest BCUT2D eigenvalue weighted by atomic mass is 16.1. The number of piperazine rings is 1. The summed E-state index contributed by atoms with van der Waals surface area (Å²) in [6.07, 6.45) is 3.28. The fourth-order valence-corrected chi connectivity index (χ4v) is 4.20. The molecule has 5 rings (SSSR count). The lowest BCUT2D eigenvalue weighted by molar-refractivity contribution is 0.103. The minimum absolute atomic E-state index is 0.167. The molecule has 1 aliphatic heterocycles. The number of carbonyl (C=O) groups excluding carboxylic acids is 1. The van der Waals surface area contributed by atoms with Gasteiger partial charge in [0.1, 0.15) is 11.5 Å². The van der Waals surface area contributed by atoms with Crippen LogP contribution in [-0.4, -0.2) is 35.4 Å². The Bertz CT molecular complexity index is 1350. The first-order chi connectivity index (χ1) is 16.7. The smallest absolute Gasteiger partial charge is 0.212 e. The van der Waals surface area contributed by atoms with Crippen LogP contribution in [0.1, 0.15) is 33.2 Å². The minimum Gasteiger partial charge on any atom is -0.353 e. The number of nitrogens with one attached hydrogen (secondary N) is 1. The third kappa shape index (κ3) is 4.56. The first-order valence-electron chi connectivity index (χ1n) is 11.2. The minimum atomic E-state index is -0.167. The van der Waals surface area contributed by atoms with E-state index in [0.717, 1.165) is 36.6 Å². The van der Waals surface area contributed by atoms with E-state index in [-0.39, 0.29) is 11.8 Å². The number of benzene rings is 2. The van der Waals surface area contributed by atoms with Gasteiger partial charge < -0.3 is 10.2 Å². The maximum atomic E-state index is 13.3. The first-order valence-corrected chi connectivity index (χ1v) is 11.2. The van der Waals surface area contributed by atoms with Crippen molar-refractivity contribution in [3.8, 4) is 17.2 Å². The van der Waals surface area contributed by atoms with Crippen LogP contribution in [0.3, 0.4) is 0 Å². The Hall–Kier alpha value is -4.34. The van der Waals surface area contributed by atoms with E-state index in [0.29, 0.717) is 16.8 Å². The molecule has 0 aliphatic carbocycles. The Morgan fingerprint density at radius 2 is 1.79 bits per heavy atom. The van der Waals surface area contributed by atoms with E-state index < -0.39 is 0 Å². The summed E-state index contributed by atoms with van der Waals surface area (Å²) in [5, 5.41) is 12.6. The molecule has 0 radical (unpaired) electrons. The van der Waals surface area contributed by atoms with Crippen LogP contribution in [-0.2, 0) is 0 Å². The number of ketones is 1. The molecular weight excluding hydrogens is 422 g/mol. The largest absolute Gasteiger partial charge is 0.353 e. The summed E-state index contributed by atoms with van der Waals surface area (Å²) >= 11 is 0. The van der Waals surface area contributed by atoms with Crippen molar-refractivity contribution in [2.45, 2.75) is 6.04 Å². The molecule has 1 atom stereocenters. The molecule has 2 aromatic heterocycles. The molecule has 1 saturated heterocycles. The summed E-state index contributed by atoms with van der Waals surface area (Å²) in [6.45, 7) is 2.45. The molecule has 1 fully saturated rings. The van der Waals surface area contributed by atoms with E-state index in [1.54, 1.807) is 30.6 Å². The lowest BCUT2D eigenvalue weighted by atomic mass is 10.0. The molecule has 6 nitrogen and oxygen atoms in total. The average Bonchev–Trinajstić information content (AvgIpc) is 2.93. The van der Waals surface area contributed by atoms with Gasteiger partial charge in [0, 0.05) is 49.2 Å². The predicted octanol–water partition coefficient (Wildman–Crippen LogP) is 4.40. The zero-order valence-corrected chi connectivity index (χ0v) is 18.6. The lowest BCUT2D eigenvalue weighted by Crippen LogP contribution is -2.46. The number of pyridine rings is 2. The van der Waals surface area contributed by atoms with Crippen LogP contribution in [0.5, 0.6) is 0 Å². The van der Waals surface area contributed by atoms with Gasteiger partial charge in [0.2, 0.25) is 5.78 Å². The van der Waals surface area contributed by atoms with Gasteiger partial charge in [0.25, 0.3) is 0 Å². The summed E-state index contributed by atoms with van der Waals surface area (Å²) in [5.74, 6) is 0.629. The Balaban J connectivity index is 1.37. The van der Waals surface area contributed by atoms with Crippen LogP contribution in [0, 0.1) is 11.3 Å². The molecule has 3 heterocycles. The Morgan fingerprint density at radius 1 is 0.971 bits per heavy atom. The van der Waals surface area contributed by atoms with Crippen molar-refractivity contribution in [3.05, 3.63) is 114 Å². The van der Waals surface area contributed by atoms with Gasteiger partial charge in [-0.05, 0) is 41.5 Å². The highest BCUT2D eigenvalue weighted by Gasteiger charge is 2.22. The molecule has 1 aliphatic rings. The number of anilines is 1. The Labute approximate surface area is 198 Å². The quantitative estimate of drug-likeness (QED) is 0.459. The Morgan fingerprint density at radius 3 is 2.59 bits per heavy atom. The summed E-state index contributed by atoms with van der Waals surface area (Å²) < 4.78 is 0. The standard InChI is InChI=1S/C28H23N5O/c29-16-20-9-11-21(12-10-20)23-15-24(18-30-17-23)28(34)25-7-4-8-27(32-25)33-14-13-31-26(19-33)22-5-2-1-3-6-22/h1-12,15,17-18,26,31H,13-14,19H2. The van der Waals surface area contributed by atoms with Gasteiger partial charge in [-0.2, -0.15) is 5.26 Å². The van der Waals surface area contributed by atoms with Crippen LogP contribution >= 0.6 is 0 Å². The monoisotopic (exact) mass is 445 g/mol. The molecule has 0 amide bonds. The molecule has 34 heavy (non-hydrogen) atoms. The second kappa shape index (κ2) is 9.65. The van der Waals surface area contributed by atoms with E-state index in [1.807, 2.05) is 48.5 Å². The fraction of sp³-hybridized carbons (Fsp3) is 0.143. The summed E-state index contributed by atoms with van der Waals surface area (Å²) in [7, 11) is 0. The highest BCUT2D eigenvalue weighted by Crippen LogP contribution is 2.24. The van der Waals surface area contributed by atoms with Crippen LogP contribution in [0.25, 0.3) is 11.1 Å². The van der Waals surface area contributed by atoms with Crippen molar-refractivity contribution in [3.63, 3.8) is 0 Å².